The van der Waals surface area contributed by atoms with Crippen LogP contribution in [0.4, 0.5) is 0 Å². The first-order valence-corrected chi connectivity index (χ1v) is 12.4. The SMILES string of the molecule is Cc1ccc(C(=O)Oc2ccc(C(=O)Oc3ccc(-c4nc5ccc(C)cc5s4)cc3)cc2CO)cc1. The number of aryl methyl sites for hydroxylation is 2. The van der Waals surface area contributed by atoms with Crippen molar-refractivity contribution in [1.29, 1.82) is 0 Å². The summed E-state index contributed by atoms with van der Waals surface area (Å²) >= 11 is 1.61. The van der Waals surface area contributed by atoms with E-state index in [2.05, 4.69) is 18.0 Å². The van der Waals surface area contributed by atoms with Gasteiger partial charge >= 0.3 is 11.9 Å². The highest BCUT2D eigenvalue weighted by Gasteiger charge is 2.16. The molecule has 0 aliphatic rings. The van der Waals surface area contributed by atoms with Gasteiger partial charge in [0.05, 0.1) is 28.0 Å². The minimum Gasteiger partial charge on any atom is -0.423 e. The van der Waals surface area contributed by atoms with Crippen molar-refractivity contribution in [2.45, 2.75) is 20.5 Å². The van der Waals surface area contributed by atoms with E-state index >= 15 is 0 Å². The van der Waals surface area contributed by atoms with Crippen LogP contribution in [-0.2, 0) is 6.61 Å². The lowest BCUT2D eigenvalue weighted by Crippen LogP contribution is -2.12. The summed E-state index contributed by atoms with van der Waals surface area (Å²) in [4.78, 5) is 29.9. The second-order valence-corrected chi connectivity index (χ2v) is 9.67. The van der Waals surface area contributed by atoms with Crippen molar-refractivity contribution in [3.63, 3.8) is 0 Å². The highest BCUT2D eigenvalue weighted by molar-refractivity contribution is 7.21. The number of carbonyl (C=O) groups is 2. The van der Waals surface area contributed by atoms with Crippen LogP contribution in [0, 0.1) is 13.8 Å². The third kappa shape index (κ3) is 5.43. The lowest BCUT2D eigenvalue weighted by molar-refractivity contribution is 0.0729. The van der Waals surface area contributed by atoms with Crippen molar-refractivity contribution in [2.75, 3.05) is 0 Å². The van der Waals surface area contributed by atoms with Crippen LogP contribution in [0.3, 0.4) is 0 Å². The van der Waals surface area contributed by atoms with Gasteiger partial charge in [-0.25, -0.2) is 14.6 Å². The van der Waals surface area contributed by atoms with E-state index in [0.717, 1.165) is 26.4 Å². The third-order valence-corrected chi connectivity index (χ3v) is 6.88. The summed E-state index contributed by atoms with van der Waals surface area (Å²) in [6.07, 6.45) is 0. The summed E-state index contributed by atoms with van der Waals surface area (Å²) < 4.78 is 12.1. The van der Waals surface area contributed by atoms with Crippen molar-refractivity contribution in [1.82, 2.24) is 4.98 Å². The van der Waals surface area contributed by atoms with Gasteiger partial charge in [-0.2, -0.15) is 0 Å². The highest BCUT2D eigenvalue weighted by atomic mass is 32.1. The topological polar surface area (TPSA) is 85.7 Å². The van der Waals surface area contributed by atoms with Crippen LogP contribution < -0.4 is 9.47 Å². The number of carbonyl (C=O) groups excluding carboxylic acids is 2. The maximum absolute atomic E-state index is 12.8. The molecule has 0 bridgehead atoms. The molecule has 0 aliphatic heterocycles. The van der Waals surface area contributed by atoms with Crippen LogP contribution in [-0.4, -0.2) is 22.0 Å². The Hall–Kier alpha value is -4.33. The first kappa shape index (κ1) is 24.4. The number of thiazole rings is 1. The largest absolute Gasteiger partial charge is 0.423 e. The Morgan fingerprint density at radius 1 is 0.784 bits per heavy atom. The third-order valence-electron chi connectivity index (χ3n) is 5.81. The van der Waals surface area contributed by atoms with Crippen molar-refractivity contribution in [3.8, 4) is 22.1 Å². The Morgan fingerprint density at radius 2 is 1.46 bits per heavy atom. The molecule has 0 radical (unpaired) electrons. The Labute approximate surface area is 217 Å². The highest BCUT2D eigenvalue weighted by Crippen LogP contribution is 2.32. The number of aromatic nitrogens is 1. The zero-order valence-corrected chi connectivity index (χ0v) is 21.0. The molecule has 0 unspecified atom stereocenters. The Bertz CT molecular complexity index is 1600. The van der Waals surface area contributed by atoms with E-state index in [1.165, 1.54) is 23.8 Å². The molecule has 1 aromatic heterocycles. The predicted molar refractivity (Wildman–Crippen MR) is 143 cm³/mol. The fourth-order valence-corrected chi connectivity index (χ4v) is 4.83. The fraction of sp³-hybridized carbons (Fsp3) is 0.100. The van der Waals surface area contributed by atoms with Gasteiger partial charge in [0, 0.05) is 11.1 Å². The van der Waals surface area contributed by atoms with Gasteiger partial charge in [-0.3, -0.25) is 0 Å². The lowest BCUT2D eigenvalue weighted by Gasteiger charge is -2.11. The number of nitrogens with zero attached hydrogens (tertiary/aromatic N) is 1. The van der Waals surface area contributed by atoms with Gasteiger partial charge in [-0.15, -0.1) is 11.3 Å². The van der Waals surface area contributed by atoms with Crippen LogP contribution in [0.15, 0.2) is 84.9 Å². The van der Waals surface area contributed by atoms with E-state index < -0.39 is 18.5 Å². The van der Waals surface area contributed by atoms with Crippen molar-refractivity contribution in [3.05, 3.63) is 113 Å². The molecule has 6 nitrogen and oxygen atoms in total. The Morgan fingerprint density at radius 3 is 2.19 bits per heavy atom. The van der Waals surface area contributed by atoms with Gasteiger partial charge in [0.15, 0.2) is 0 Å². The van der Waals surface area contributed by atoms with Crippen LogP contribution in [0.1, 0.15) is 37.4 Å². The number of hydrogen-bond acceptors (Lipinski definition) is 7. The summed E-state index contributed by atoms with van der Waals surface area (Å²) in [6.45, 7) is 3.57. The van der Waals surface area contributed by atoms with Crippen LogP contribution in [0.2, 0.25) is 0 Å². The molecule has 1 N–H and O–H groups in total. The number of rotatable bonds is 6. The summed E-state index contributed by atoms with van der Waals surface area (Å²) in [6, 6.07) is 24.7. The number of aliphatic hydroxyl groups is 1. The van der Waals surface area contributed by atoms with E-state index in [-0.39, 0.29) is 11.3 Å². The molecule has 37 heavy (non-hydrogen) atoms. The first-order valence-electron chi connectivity index (χ1n) is 11.6. The Balaban J connectivity index is 1.28. The molecule has 0 saturated heterocycles. The van der Waals surface area contributed by atoms with E-state index in [1.54, 1.807) is 35.6 Å². The molecule has 5 aromatic rings. The summed E-state index contributed by atoms with van der Waals surface area (Å²) in [7, 11) is 0. The second-order valence-electron chi connectivity index (χ2n) is 8.64. The van der Waals surface area contributed by atoms with Gasteiger partial charge in [0.1, 0.15) is 16.5 Å². The minimum atomic E-state index is -0.589. The summed E-state index contributed by atoms with van der Waals surface area (Å²) in [5.41, 5.74) is 5.02. The number of esters is 2. The number of aliphatic hydroxyl groups excluding tert-OH is 1. The normalized spacial score (nSPS) is 10.9. The zero-order valence-electron chi connectivity index (χ0n) is 20.2. The zero-order chi connectivity index (χ0) is 25.9. The molecule has 0 atom stereocenters. The molecule has 0 aliphatic carbocycles. The van der Waals surface area contributed by atoms with E-state index in [0.29, 0.717) is 16.9 Å². The van der Waals surface area contributed by atoms with Gasteiger partial charge in [-0.1, -0.05) is 23.8 Å². The van der Waals surface area contributed by atoms with Gasteiger partial charge in [-0.05, 0) is 86.1 Å². The first-order chi connectivity index (χ1) is 17.9. The van der Waals surface area contributed by atoms with Crippen molar-refractivity contribution in [2.24, 2.45) is 0 Å². The van der Waals surface area contributed by atoms with Crippen LogP contribution in [0.5, 0.6) is 11.5 Å². The molecular weight excluding hydrogens is 486 g/mol. The predicted octanol–water partition coefficient (Wildman–Crippen LogP) is 6.51. The monoisotopic (exact) mass is 509 g/mol. The summed E-state index contributed by atoms with van der Waals surface area (Å²) in [5, 5.41) is 10.7. The smallest absolute Gasteiger partial charge is 0.343 e. The number of benzene rings is 4. The summed E-state index contributed by atoms with van der Waals surface area (Å²) in [5.74, 6) is -0.575. The number of ether oxygens (including phenoxy) is 2. The second kappa shape index (κ2) is 10.3. The molecule has 0 fully saturated rings. The molecule has 5 rings (SSSR count). The lowest BCUT2D eigenvalue weighted by atomic mass is 10.1. The number of hydrogen-bond donors (Lipinski definition) is 1. The van der Waals surface area contributed by atoms with Crippen molar-refractivity contribution >= 4 is 33.5 Å². The molecule has 184 valence electrons. The van der Waals surface area contributed by atoms with Crippen LogP contribution >= 0.6 is 11.3 Å². The van der Waals surface area contributed by atoms with Crippen molar-refractivity contribution < 1.29 is 24.2 Å². The fourth-order valence-electron chi connectivity index (χ4n) is 3.76. The molecule has 0 amide bonds. The molecule has 1 heterocycles. The standard InChI is InChI=1S/C30H23NO5S/c1-18-3-6-21(7-4-18)29(33)36-26-14-10-22(16-23(26)17-32)30(34)35-24-11-8-20(9-12-24)28-31-25-13-5-19(2)15-27(25)37-28/h3-16,32H,17H2,1-2H3. The van der Waals surface area contributed by atoms with Gasteiger partial charge in [0.25, 0.3) is 0 Å². The van der Waals surface area contributed by atoms with E-state index in [1.807, 2.05) is 43.3 Å². The number of fused-ring (bicyclic) bond motifs is 1. The minimum absolute atomic E-state index is 0.181. The van der Waals surface area contributed by atoms with E-state index in [4.69, 9.17) is 9.47 Å². The Kier molecular flexibility index (Phi) is 6.81. The maximum Gasteiger partial charge on any atom is 0.343 e. The maximum atomic E-state index is 12.8. The molecule has 0 spiro atoms. The average molecular weight is 510 g/mol. The molecule has 4 aromatic carbocycles. The average Bonchev–Trinajstić information content (AvgIpc) is 3.33. The molecule has 7 heteroatoms. The van der Waals surface area contributed by atoms with E-state index in [9.17, 15) is 14.7 Å². The molecular formula is C30H23NO5S. The van der Waals surface area contributed by atoms with Gasteiger partial charge in [0.2, 0.25) is 0 Å². The van der Waals surface area contributed by atoms with Crippen LogP contribution in [0.25, 0.3) is 20.8 Å². The quantitative estimate of drug-likeness (QED) is 0.207. The van der Waals surface area contributed by atoms with Gasteiger partial charge < -0.3 is 14.6 Å². The molecule has 0 saturated carbocycles.